The maximum Gasteiger partial charge on any atom is 0.338 e. The molecule has 0 fully saturated rings. The van der Waals surface area contributed by atoms with Crippen molar-refractivity contribution in [3.63, 3.8) is 0 Å². The molecule has 0 radical (unpaired) electrons. The molecular formula is C18H19N3O5. The lowest BCUT2D eigenvalue weighted by atomic mass is 9.83. The van der Waals surface area contributed by atoms with E-state index in [1.807, 2.05) is 6.07 Å². The van der Waals surface area contributed by atoms with Crippen LogP contribution in [-0.4, -0.2) is 30.1 Å². The lowest BCUT2D eigenvalue weighted by Crippen LogP contribution is -2.27. The van der Waals surface area contributed by atoms with Crippen molar-refractivity contribution in [2.45, 2.75) is 26.2 Å². The van der Waals surface area contributed by atoms with Crippen molar-refractivity contribution in [1.29, 1.82) is 5.26 Å². The molecule has 2 N–H and O–H groups in total. The fourth-order valence-corrected chi connectivity index (χ4v) is 2.61. The van der Waals surface area contributed by atoms with Crippen molar-refractivity contribution in [3.05, 3.63) is 52.9 Å². The zero-order valence-corrected chi connectivity index (χ0v) is 14.5. The van der Waals surface area contributed by atoms with Gasteiger partial charge in [0.25, 0.3) is 0 Å². The monoisotopic (exact) mass is 357 g/mol. The summed E-state index contributed by atoms with van der Waals surface area (Å²) < 4.78 is 15.5. The molecule has 0 saturated heterocycles. The zero-order valence-electron chi connectivity index (χ0n) is 14.5. The number of carbonyl (C=O) groups excluding carboxylic acids is 2. The molecule has 1 aromatic heterocycles. The van der Waals surface area contributed by atoms with E-state index in [0.29, 0.717) is 5.56 Å². The summed E-state index contributed by atoms with van der Waals surface area (Å²) in [6.07, 6.45) is 2.76. The number of ether oxygens (including phenoxy) is 3. The van der Waals surface area contributed by atoms with E-state index in [1.54, 1.807) is 26.0 Å². The van der Waals surface area contributed by atoms with E-state index in [-0.39, 0.29) is 42.4 Å². The Morgan fingerprint density at radius 1 is 1.27 bits per heavy atom. The van der Waals surface area contributed by atoms with Crippen LogP contribution in [0.4, 0.5) is 0 Å². The van der Waals surface area contributed by atoms with Gasteiger partial charge in [-0.05, 0) is 31.5 Å². The highest BCUT2D eigenvalue weighted by molar-refractivity contribution is 5.93. The first-order valence-electron chi connectivity index (χ1n) is 8.06. The molecule has 1 aliphatic rings. The first-order chi connectivity index (χ1) is 12.5. The lowest BCUT2D eigenvalue weighted by molar-refractivity contribution is -0.143. The Balaban J connectivity index is 2.60. The highest BCUT2D eigenvalue weighted by atomic mass is 16.5. The maximum absolute atomic E-state index is 12.6. The lowest BCUT2D eigenvalue weighted by Gasteiger charge is -2.27. The number of hydrogen-bond acceptors (Lipinski definition) is 8. The molecule has 8 heteroatoms. The Morgan fingerprint density at radius 3 is 2.50 bits per heavy atom. The second kappa shape index (κ2) is 8.67. The first kappa shape index (κ1) is 19.0. The topological polar surface area (TPSA) is 125 Å². The normalized spacial score (nSPS) is 16.6. The molecule has 2 rings (SSSR count). The first-order valence-corrected chi connectivity index (χ1v) is 8.06. The van der Waals surface area contributed by atoms with E-state index < -0.39 is 17.9 Å². The minimum absolute atomic E-state index is 0.0141. The van der Waals surface area contributed by atoms with Gasteiger partial charge in [0.1, 0.15) is 23.8 Å². The van der Waals surface area contributed by atoms with Crippen LogP contribution < -0.4 is 5.73 Å². The van der Waals surface area contributed by atoms with Crippen molar-refractivity contribution in [1.82, 2.24) is 4.98 Å². The van der Waals surface area contributed by atoms with Crippen molar-refractivity contribution < 1.29 is 23.8 Å². The number of pyridine rings is 1. The summed E-state index contributed by atoms with van der Waals surface area (Å²) in [5.41, 5.74) is 6.59. The largest absolute Gasteiger partial charge is 0.466 e. The third kappa shape index (κ3) is 4.00. The van der Waals surface area contributed by atoms with E-state index in [4.69, 9.17) is 19.9 Å². The SMILES string of the molecule is CCOC(=O)CC1=C(C(=O)OCC)[C@H](c2ccncc2)C(C#N)=C(N)O1. The molecule has 0 aromatic carbocycles. The van der Waals surface area contributed by atoms with E-state index >= 15 is 0 Å². The number of hydrogen-bond donors (Lipinski definition) is 1. The molecule has 1 atom stereocenters. The molecule has 8 nitrogen and oxygen atoms in total. The fourth-order valence-electron chi connectivity index (χ4n) is 2.61. The number of nitriles is 1. The second-order valence-corrected chi connectivity index (χ2v) is 5.24. The van der Waals surface area contributed by atoms with Crippen LogP contribution in [0, 0.1) is 11.3 Å². The van der Waals surface area contributed by atoms with Gasteiger partial charge in [-0.3, -0.25) is 9.78 Å². The fraction of sp³-hybridized carbons (Fsp3) is 0.333. The molecule has 0 unspecified atom stereocenters. The smallest absolute Gasteiger partial charge is 0.338 e. The van der Waals surface area contributed by atoms with Gasteiger partial charge >= 0.3 is 11.9 Å². The molecule has 2 heterocycles. The molecule has 1 aromatic rings. The van der Waals surface area contributed by atoms with Gasteiger partial charge in [-0.25, -0.2) is 4.79 Å². The number of aromatic nitrogens is 1. The third-order valence-electron chi connectivity index (χ3n) is 3.64. The van der Waals surface area contributed by atoms with Gasteiger partial charge in [0.05, 0.1) is 24.7 Å². The number of allylic oxidation sites excluding steroid dienone is 1. The van der Waals surface area contributed by atoms with Crippen LogP contribution in [0.3, 0.4) is 0 Å². The molecule has 1 aliphatic heterocycles. The van der Waals surface area contributed by atoms with Gasteiger partial charge in [-0.1, -0.05) is 0 Å². The van der Waals surface area contributed by atoms with Crippen LogP contribution in [0.1, 0.15) is 31.7 Å². The number of esters is 2. The van der Waals surface area contributed by atoms with Gasteiger partial charge < -0.3 is 19.9 Å². The predicted octanol–water partition coefficient (Wildman–Crippen LogP) is 1.66. The van der Waals surface area contributed by atoms with Gasteiger partial charge in [-0.2, -0.15) is 5.26 Å². The summed E-state index contributed by atoms with van der Waals surface area (Å²) in [6, 6.07) is 5.29. The summed E-state index contributed by atoms with van der Waals surface area (Å²) in [7, 11) is 0. The summed E-state index contributed by atoms with van der Waals surface area (Å²) in [6.45, 7) is 3.63. The highest BCUT2D eigenvalue weighted by Gasteiger charge is 2.38. The van der Waals surface area contributed by atoms with Crippen molar-refractivity contribution in [3.8, 4) is 6.07 Å². The second-order valence-electron chi connectivity index (χ2n) is 5.24. The summed E-state index contributed by atoms with van der Waals surface area (Å²) >= 11 is 0. The molecule has 26 heavy (non-hydrogen) atoms. The van der Waals surface area contributed by atoms with Crippen LogP contribution in [0.5, 0.6) is 0 Å². The summed E-state index contributed by atoms with van der Waals surface area (Å²) in [5.74, 6) is -2.23. The Labute approximate surface area is 150 Å². The quantitative estimate of drug-likeness (QED) is 0.762. The van der Waals surface area contributed by atoms with E-state index in [0.717, 1.165) is 0 Å². The Kier molecular flexibility index (Phi) is 6.33. The van der Waals surface area contributed by atoms with Crippen LogP contribution in [0.25, 0.3) is 0 Å². The number of nitrogens with two attached hydrogens (primary N) is 1. The molecule has 0 aliphatic carbocycles. The van der Waals surface area contributed by atoms with Gasteiger partial charge in [-0.15, -0.1) is 0 Å². The average Bonchev–Trinajstić information content (AvgIpc) is 2.62. The van der Waals surface area contributed by atoms with Crippen LogP contribution in [0.15, 0.2) is 47.3 Å². The molecule has 136 valence electrons. The molecule has 0 spiro atoms. The van der Waals surface area contributed by atoms with E-state index in [2.05, 4.69) is 4.98 Å². The van der Waals surface area contributed by atoms with Crippen molar-refractivity contribution >= 4 is 11.9 Å². The van der Waals surface area contributed by atoms with Crippen molar-refractivity contribution in [2.75, 3.05) is 13.2 Å². The van der Waals surface area contributed by atoms with Gasteiger partial charge in [0.2, 0.25) is 5.88 Å². The average molecular weight is 357 g/mol. The van der Waals surface area contributed by atoms with Gasteiger partial charge in [0, 0.05) is 12.4 Å². The Hall–Kier alpha value is -3.34. The zero-order chi connectivity index (χ0) is 19.1. The standard InChI is InChI=1S/C18H19N3O5/c1-3-24-14(22)9-13-16(18(23)25-4-2)15(11-5-7-21-8-6-11)12(10-19)17(20)26-13/h5-8,15H,3-4,9,20H2,1-2H3/t15-/m1/s1. The summed E-state index contributed by atoms with van der Waals surface area (Å²) in [4.78, 5) is 28.5. The minimum Gasteiger partial charge on any atom is -0.466 e. The van der Waals surface area contributed by atoms with Gasteiger partial charge in [0.15, 0.2) is 0 Å². The Morgan fingerprint density at radius 2 is 1.92 bits per heavy atom. The molecular weight excluding hydrogens is 338 g/mol. The highest BCUT2D eigenvalue weighted by Crippen LogP contribution is 2.40. The number of carbonyl (C=O) groups is 2. The van der Waals surface area contributed by atoms with Crippen LogP contribution >= 0.6 is 0 Å². The predicted molar refractivity (Wildman–Crippen MR) is 89.8 cm³/mol. The Bertz CT molecular complexity index is 793. The number of rotatable bonds is 6. The van der Waals surface area contributed by atoms with Crippen LogP contribution in [0.2, 0.25) is 0 Å². The summed E-state index contributed by atoms with van der Waals surface area (Å²) in [5, 5.41) is 9.53. The van der Waals surface area contributed by atoms with Crippen LogP contribution in [-0.2, 0) is 23.8 Å². The molecule has 0 bridgehead atoms. The van der Waals surface area contributed by atoms with Crippen molar-refractivity contribution in [2.24, 2.45) is 5.73 Å². The molecule has 0 amide bonds. The maximum atomic E-state index is 12.6. The minimum atomic E-state index is -0.819. The molecule has 0 saturated carbocycles. The third-order valence-corrected chi connectivity index (χ3v) is 3.64. The van der Waals surface area contributed by atoms with E-state index in [1.165, 1.54) is 12.4 Å². The van der Waals surface area contributed by atoms with E-state index in [9.17, 15) is 14.9 Å². The number of nitrogens with zero attached hydrogens (tertiary/aromatic N) is 2.